The molecule has 6 nitrogen and oxygen atoms in total. The molecule has 0 saturated carbocycles. The van der Waals surface area contributed by atoms with E-state index in [2.05, 4.69) is 15.4 Å². The monoisotopic (exact) mass is 192 g/mol. The number of hydrogen-bond donors (Lipinski definition) is 2. The summed E-state index contributed by atoms with van der Waals surface area (Å²) in [5, 5.41) is 9.84. The van der Waals surface area contributed by atoms with Gasteiger partial charge in [0.1, 0.15) is 11.4 Å². The molecular weight excluding hydrogens is 184 g/mol. The molecule has 2 heterocycles. The lowest BCUT2D eigenvalue weighted by molar-refractivity contribution is 0.438. The molecule has 0 fully saturated rings. The second-order valence-electron chi connectivity index (χ2n) is 2.83. The van der Waals surface area contributed by atoms with Crippen molar-refractivity contribution in [2.75, 3.05) is 5.73 Å². The zero-order chi connectivity index (χ0) is 10.1. The highest BCUT2D eigenvalue weighted by Crippen LogP contribution is 2.22. The second kappa shape index (κ2) is 2.99. The maximum Gasteiger partial charge on any atom is 0.264 e. The van der Waals surface area contributed by atoms with Gasteiger partial charge in [-0.2, -0.15) is 5.10 Å². The Hall–Kier alpha value is -2.11. The van der Waals surface area contributed by atoms with E-state index in [1.54, 1.807) is 13.0 Å². The molecule has 0 aliphatic rings. The van der Waals surface area contributed by atoms with Crippen LogP contribution in [0.3, 0.4) is 0 Å². The first kappa shape index (κ1) is 8.49. The highest BCUT2D eigenvalue weighted by atomic mass is 16.5. The summed E-state index contributed by atoms with van der Waals surface area (Å²) in [7, 11) is 0. The molecule has 0 amide bonds. The molecule has 0 atom stereocenters. The van der Waals surface area contributed by atoms with E-state index in [1.807, 2.05) is 0 Å². The molecule has 14 heavy (non-hydrogen) atoms. The van der Waals surface area contributed by atoms with Crippen molar-refractivity contribution in [1.82, 2.24) is 15.4 Å². The molecule has 0 aliphatic heterocycles. The first-order valence-corrected chi connectivity index (χ1v) is 3.96. The summed E-state index contributed by atoms with van der Waals surface area (Å²) in [4.78, 5) is 10.8. The SMILES string of the molecule is Cc1c(-c2ccc(=O)[nH]n2)noc1N. The predicted octanol–water partition coefficient (Wildman–Crippen LogP) is 0.316. The number of nitrogens with zero attached hydrogens (tertiary/aromatic N) is 2. The number of hydrogen-bond acceptors (Lipinski definition) is 5. The Balaban J connectivity index is 2.55. The lowest BCUT2D eigenvalue weighted by Crippen LogP contribution is -2.05. The first-order chi connectivity index (χ1) is 6.68. The van der Waals surface area contributed by atoms with Crippen LogP contribution in [0.25, 0.3) is 11.4 Å². The molecule has 0 unspecified atom stereocenters. The minimum Gasteiger partial charge on any atom is -0.367 e. The van der Waals surface area contributed by atoms with Gasteiger partial charge in [0.15, 0.2) is 0 Å². The molecule has 3 N–H and O–H groups in total. The number of nitrogens with one attached hydrogen (secondary N) is 1. The summed E-state index contributed by atoms with van der Waals surface area (Å²) in [6.07, 6.45) is 0. The van der Waals surface area contributed by atoms with E-state index < -0.39 is 0 Å². The third kappa shape index (κ3) is 1.26. The number of nitrogens with two attached hydrogens (primary N) is 1. The number of aromatic amines is 1. The van der Waals surface area contributed by atoms with Crippen molar-refractivity contribution in [2.24, 2.45) is 0 Å². The van der Waals surface area contributed by atoms with Crippen LogP contribution in [0.4, 0.5) is 5.88 Å². The number of aromatic nitrogens is 3. The second-order valence-corrected chi connectivity index (χ2v) is 2.83. The van der Waals surface area contributed by atoms with Gasteiger partial charge in [0, 0.05) is 11.6 Å². The Bertz CT molecular complexity index is 494. The van der Waals surface area contributed by atoms with Crippen LogP contribution in [0.15, 0.2) is 21.5 Å². The minimum absolute atomic E-state index is 0.257. The van der Waals surface area contributed by atoms with Crippen LogP contribution in [-0.4, -0.2) is 15.4 Å². The van der Waals surface area contributed by atoms with Crippen molar-refractivity contribution in [3.05, 3.63) is 28.0 Å². The average molecular weight is 192 g/mol. The normalized spacial score (nSPS) is 10.4. The molecule has 2 aromatic heterocycles. The molecule has 0 bridgehead atoms. The standard InChI is InChI=1S/C8H8N4O2/c1-4-7(12-14-8(4)9)5-2-3-6(13)11-10-5/h2-3H,9H2,1H3,(H,11,13). The highest BCUT2D eigenvalue weighted by molar-refractivity contribution is 5.62. The van der Waals surface area contributed by atoms with Gasteiger partial charge in [0.05, 0.1) is 0 Å². The molecule has 0 aliphatic carbocycles. The molecule has 2 aromatic rings. The van der Waals surface area contributed by atoms with Crippen LogP contribution in [0.5, 0.6) is 0 Å². The van der Waals surface area contributed by atoms with Gasteiger partial charge in [-0.15, -0.1) is 0 Å². The fraction of sp³-hybridized carbons (Fsp3) is 0.125. The third-order valence-corrected chi connectivity index (χ3v) is 1.88. The summed E-state index contributed by atoms with van der Waals surface area (Å²) in [5.74, 6) is 0.257. The Morgan fingerprint density at radius 3 is 2.79 bits per heavy atom. The number of anilines is 1. The van der Waals surface area contributed by atoms with Crippen molar-refractivity contribution in [2.45, 2.75) is 6.92 Å². The lowest BCUT2D eigenvalue weighted by Gasteiger charge is -1.93. The van der Waals surface area contributed by atoms with Gasteiger partial charge in [-0.25, -0.2) is 5.10 Å². The van der Waals surface area contributed by atoms with Gasteiger partial charge in [0.25, 0.3) is 5.56 Å². The van der Waals surface area contributed by atoms with Gasteiger partial charge < -0.3 is 10.3 Å². The molecule has 0 spiro atoms. The third-order valence-electron chi connectivity index (χ3n) is 1.88. The maximum absolute atomic E-state index is 10.8. The van der Waals surface area contributed by atoms with Gasteiger partial charge in [-0.05, 0) is 13.0 Å². The Labute approximate surface area is 78.7 Å². The molecule has 2 rings (SSSR count). The zero-order valence-electron chi connectivity index (χ0n) is 7.44. The Kier molecular flexibility index (Phi) is 1.81. The summed E-state index contributed by atoms with van der Waals surface area (Å²) in [6.45, 7) is 1.77. The molecule has 6 heteroatoms. The Morgan fingerprint density at radius 2 is 2.29 bits per heavy atom. The molecule has 0 radical (unpaired) electrons. The van der Waals surface area contributed by atoms with Crippen molar-refractivity contribution in [3.8, 4) is 11.4 Å². The molecule has 72 valence electrons. The van der Waals surface area contributed by atoms with Crippen LogP contribution in [0, 0.1) is 6.92 Å². The summed E-state index contributed by atoms with van der Waals surface area (Å²) in [5.41, 5.74) is 7.00. The van der Waals surface area contributed by atoms with Crippen LogP contribution < -0.4 is 11.3 Å². The van der Waals surface area contributed by atoms with Crippen molar-refractivity contribution >= 4 is 5.88 Å². The fourth-order valence-electron chi connectivity index (χ4n) is 1.06. The van der Waals surface area contributed by atoms with E-state index in [1.165, 1.54) is 6.07 Å². The van der Waals surface area contributed by atoms with Crippen molar-refractivity contribution in [3.63, 3.8) is 0 Å². The smallest absolute Gasteiger partial charge is 0.264 e. The van der Waals surface area contributed by atoms with Crippen molar-refractivity contribution in [1.29, 1.82) is 0 Å². The van der Waals surface area contributed by atoms with Crippen LogP contribution in [0.2, 0.25) is 0 Å². The van der Waals surface area contributed by atoms with E-state index in [0.29, 0.717) is 17.0 Å². The topological polar surface area (TPSA) is 97.8 Å². The van der Waals surface area contributed by atoms with Gasteiger partial charge >= 0.3 is 0 Å². The van der Waals surface area contributed by atoms with Crippen LogP contribution in [-0.2, 0) is 0 Å². The van der Waals surface area contributed by atoms with E-state index in [0.717, 1.165) is 0 Å². The number of nitrogen functional groups attached to an aromatic ring is 1. The van der Waals surface area contributed by atoms with E-state index in [9.17, 15) is 4.79 Å². The van der Waals surface area contributed by atoms with Crippen molar-refractivity contribution < 1.29 is 4.52 Å². The Morgan fingerprint density at radius 1 is 1.50 bits per heavy atom. The van der Waals surface area contributed by atoms with Crippen LogP contribution in [0.1, 0.15) is 5.56 Å². The molecule has 0 saturated heterocycles. The quantitative estimate of drug-likeness (QED) is 0.677. The molecular formula is C8H8N4O2. The number of rotatable bonds is 1. The van der Waals surface area contributed by atoms with Gasteiger partial charge in [-0.3, -0.25) is 4.79 Å². The lowest BCUT2D eigenvalue weighted by atomic mass is 10.2. The average Bonchev–Trinajstić information content (AvgIpc) is 2.50. The number of H-pyrrole nitrogens is 1. The van der Waals surface area contributed by atoms with E-state index in [-0.39, 0.29) is 11.4 Å². The van der Waals surface area contributed by atoms with Gasteiger partial charge in [-0.1, -0.05) is 5.16 Å². The minimum atomic E-state index is -0.261. The van der Waals surface area contributed by atoms with E-state index >= 15 is 0 Å². The van der Waals surface area contributed by atoms with E-state index in [4.69, 9.17) is 10.3 Å². The highest BCUT2D eigenvalue weighted by Gasteiger charge is 2.11. The van der Waals surface area contributed by atoms with Gasteiger partial charge in [0.2, 0.25) is 5.88 Å². The first-order valence-electron chi connectivity index (χ1n) is 3.96. The summed E-state index contributed by atoms with van der Waals surface area (Å²) in [6, 6.07) is 2.93. The molecule has 0 aromatic carbocycles. The largest absolute Gasteiger partial charge is 0.367 e. The summed E-state index contributed by atoms with van der Waals surface area (Å²) < 4.78 is 4.78. The zero-order valence-corrected chi connectivity index (χ0v) is 7.44. The van der Waals surface area contributed by atoms with Crippen LogP contribution >= 0.6 is 0 Å². The maximum atomic E-state index is 10.8. The summed E-state index contributed by atoms with van der Waals surface area (Å²) >= 11 is 0. The predicted molar refractivity (Wildman–Crippen MR) is 49.5 cm³/mol. The fourth-order valence-corrected chi connectivity index (χ4v) is 1.06.